The SMILES string of the molecule is CC(C)(C)N(CC(NC(=O)c1ccc(Br)s1)c1ccccc1)C(=O)O. The van der Waals surface area contributed by atoms with Crippen molar-refractivity contribution in [1.82, 2.24) is 10.2 Å². The monoisotopic (exact) mass is 424 g/mol. The lowest BCUT2D eigenvalue weighted by Crippen LogP contribution is -2.49. The van der Waals surface area contributed by atoms with Gasteiger partial charge >= 0.3 is 6.09 Å². The molecule has 134 valence electrons. The summed E-state index contributed by atoms with van der Waals surface area (Å²) in [6.07, 6.45) is -1.01. The number of thiophene rings is 1. The van der Waals surface area contributed by atoms with Gasteiger partial charge in [-0.2, -0.15) is 0 Å². The highest BCUT2D eigenvalue weighted by atomic mass is 79.9. The van der Waals surface area contributed by atoms with E-state index in [1.165, 1.54) is 16.2 Å². The van der Waals surface area contributed by atoms with E-state index in [1.54, 1.807) is 6.07 Å². The zero-order chi connectivity index (χ0) is 18.6. The number of hydrogen-bond donors (Lipinski definition) is 2. The fraction of sp³-hybridized carbons (Fsp3) is 0.333. The molecular weight excluding hydrogens is 404 g/mol. The van der Waals surface area contributed by atoms with E-state index in [0.717, 1.165) is 9.35 Å². The summed E-state index contributed by atoms with van der Waals surface area (Å²) in [6.45, 7) is 5.67. The summed E-state index contributed by atoms with van der Waals surface area (Å²) in [7, 11) is 0. The van der Waals surface area contributed by atoms with Crippen LogP contribution in [-0.4, -0.2) is 34.1 Å². The first-order chi connectivity index (χ1) is 11.7. The molecule has 7 heteroatoms. The van der Waals surface area contributed by atoms with Gasteiger partial charge in [-0.1, -0.05) is 30.3 Å². The topological polar surface area (TPSA) is 69.6 Å². The second-order valence-corrected chi connectivity index (χ2v) is 9.07. The molecule has 1 atom stereocenters. The molecule has 2 rings (SSSR count). The summed E-state index contributed by atoms with van der Waals surface area (Å²) >= 11 is 4.69. The van der Waals surface area contributed by atoms with Crippen molar-refractivity contribution in [2.75, 3.05) is 6.54 Å². The Morgan fingerprint density at radius 2 is 1.84 bits per heavy atom. The van der Waals surface area contributed by atoms with Gasteiger partial charge in [-0.05, 0) is 54.4 Å². The minimum atomic E-state index is -1.01. The van der Waals surface area contributed by atoms with Crippen LogP contribution in [0.25, 0.3) is 0 Å². The van der Waals surface area contributed by atoms with Gasteiger partial charge in [-0.15, -0.1) is 11.3 Å². The van der Waals surface area contributed by atoms with Crippen molar-refractivity contribution in [1.29, 1.82) is 0 Å². The average molecular weight is 425 g/mol. The third-order valence-corrected chi connectivity index (χ3v) is 5.33. The summed E-state index contributed by atoms with van der Waals surface area (Å²) < 4.78 is 0.871. The van der Waals surface area contributed by atoms with Crippen molar-refractivity contribution in [3.63, 3.8) is 0 Å². The van der Waals surface area contributed by atoms with Crippen molar-refractivity contribution < 1.29 is 14.7 Å². The summed E-state index contributed by atoms with van der Waals surface area (Å²) in [5, 5.41) is 12.5. The van der Waals surface area contributed by atoms with Gasteiger partial charge in [0, 0.05) is 12.1 Å². The van der Waals surface area contributed by atoms with E-state index in [-0.39, 0.29) is 12.5 Å². The van der Waals surface area contributed by atoms with Gasteiger partial charge in [0.05, 0.1) is 14.7 Å². The van der Waals surface area contributed by atoms with Crippen LogP contribution in [-0.2, 0) is 0 Å². The van der Waals surface area contributed by atoms with Crippen LogP contribution in [0.5, 0.6) is 0 Å². The van der Waals surface area contributed by atoms with Crippen molar-refractivity contribution in [3.8, 4) is 0 Å². The van der Waals surface area contributed by atoms with Crippen LogP contribution >= 0.6 is 27.3 Å². The minimum Gasteiger partial charge on any atom is -0.465 e. The predicted octanol–water partition coefficient (Wildman–Crippen LogP) is 4.76. The quantitative estimate of drug-likeness (QED) is 0.726. The first-order valence-corrected chi connectivity index (χ1v) is 9.41. The van der Waals surface area contributed by atoms with E-state index in [2.05, 4.69) is 21.2 Å². The summed E-state index contributed by atoms with van der Waals surface area (Å²) in [6, 6.07) is 12.5. The second kappa shape index (κ2) is 8.01. The average Bonchev–Trinajstić information content (AvgIpc) is 2.97. The Labute approximate surface area is 159 Å². The smallest absolute Gasteiger partial charge is 0.407 e. The molecular formula is C18H21BrN2O3S. The molecule has 0 radical (unpaired) electrons. The molecule has 2 aromatic rings. The van der Waals surface area contributed by atoms with Gasteiger partial charge in [0.2, 0.25) is 0 Å². The molecule has 0 fully saturated rings. The van der Waals surface area contributed by atoms with Crippen LogP contribution in [0, 0.1) is 0 Å². The van der Waals surface area contributed by atoms with Crippen molar-refractivity contribution in [2.45, 2.75) is 32.4 Å². The number of nitrogens with one attached hydrogen (secondary N) is 1. The molecule has 0 aliphatic carbocycles. The van der Waals surface area contributed by atoms with E-state index in [1.807, 2.05) is 57.2 Å². The normalized spacial score (nSPS) is 12.5. The second-order valence-electron chi connectivity index (χ2n) is 6.60. The highest BCUT2D eigenvalue weighted by Crippen LogP contribution is 2.24. The molecule has 0 bridgehead atoms. The number of carbonyl (C=O) groups is 2. The molecule has 1 aromatic heterocycles. The Balaban J connectivity index is 2.27. The Hall–Kier alpha value is -1.86. The molecule has 0 saturated heterocycles. The Kier molecular flexibility index (Phi) is 6.24. The van der Waals surface area contributed by atoms with Gasteiger partial charge in [0.25, 0.3) is 5.91 Å². The molecule has 1 unspecified atom stereocenters. The first kappa shape index (κ1) is 19.5. The molecule has 0 spiro atoms. The maximum Gasteiger partial charge on any atom is 0.407 e. The number of halogens is 1. The maximum atomic E-state index is 12.6. The standard InChI is InChI=1S/C18H21BrN2O3S/c1-18(2,3)21(17(23)24)11-13(12-7-5-4-6-8-12)20-16(22)14-9-10-15(19)25-14/h4-10,13H,11H2,1-3H3,(H,20,22)(H,23,24). The van der Waals surface area contributed by atoms with Crippen LogP contribution < -0.4 is 5.32 Å². The zero-order valence-corrected chi connectivity index (χ0v) is 16.7. The first-order valence-electron chi connectivity index (χ1n) is 7.80. The van der Waals surface area contributed by atoms with Gasteiger partial charge in [-0.25, -0.2) is 4.79 Å². The van der Waals surface area contributed by atoms with Crippen molar-refractivity contribution in [2.24, 2.45) is 0 Å². The summed E-state index contributed by atoms with van der Waals surface area (Å²) in [5.41, 5.74) is 0.289. The van der Waals surface area contributed by atoms with E-state index >= 15 is 0 Å². The molecule has 0 aliphatic heterocycles. The number of carbonyl (C=O) groups excluding carboxylic acids is 1. The third-order valence-electron chi connectivity index (χ3n) is 3.71. The van der Waals surface area contributed by atoms with Crippen LogP contribution in [0.15, 0.2) is 46.3 Å². The molecule has 25 heavy (non-hydrogen) atoms. The lowest BCUT2D eigenvalue weighted by Gasteiger charge is -2.36. The molecule has 5 nitrogen and oxygen atoms in total. The Bertz CT molecular complexity index is 740. The molecule has 2 amide bonds. The third kappa shape index (κ3) is 5.31. The Morgan fingerprint density at radius 1 is 1.20 bits per heavy atom. The molecule has 0 aliphatic rings. The number of carboxylic acid groups (broad SMARTS) is 1. The fourth-order valence-corrected chi connectivity index (χ4v) is 3.70. The number of nitrogens with zero attached hydrogens (tertiary/aromatic N) is 1. The van der Waals surface area contributed by atoms with Crippen LogP contribution in [0.3, 0.4) is 0 Å². The van der Waals surface area contributed by atoms with Crippen LogP contribution in [0.4, 0.5) is 4.79 Å². The molecule has 0 saturated carbocycles. The lowest BCUT2D eigenvalue weighted by molar-refractivity contribution is 0.0824. The van der Waals surface area contributed by atoms with Gasteiger partial charge in [0.15, 0.2) is 0 Å². The fourth-order valence-electron chi connectivity index (χ4n) is 2.41. The number of benzene rings is 1. The van der Waals surface area contributed by atoms with E-state index in [4.69, 9.17) is 0 Å². The van der Waals surface area contributed by atoms with Gasteiger partial charge in [-0.3, -0.25) is 4.79 Å². The minimum absolute atomic E-state index is 0.168. The van der Waals surface area contributed by atoms with Crippen molar-refractivity contribution in [3.05, 3.63) is 56.7 Å². The number of rotatable bonds is 5. The molecule has 1 aromatic carbocycles. The largest absolute Gasteiger partial charge is 0.465 e. The summed E-state index contributed by atoms with van der Waals surface area (Å²) in [4.78, 5) is 26.2. The highest BCUT2D eigenvalue weighted by Gasteiger charge is 2.30. The van der Waals surface area contributed by atoms with Crippen LogP contribution in [0.1, 0.15) is 42.0 Å². The predicted molar refractivity (Wildman–Crippen MR) is 103 cm³/mol. The van der Waals surface area contributed by atoms with Gasteiger partial charge in [0.1, 0.15) is 0 Å². The number of amides is 2. The Morgan fingerprint density at radius 3 is 2.32 bits per heavy atom. The lowest BCUT2D eigenvalue weighted by atomic mass is 10.0. The van der Waals surface area contributed by atoms with E-state index < -0.39 is 17.7 Å². The maximum absolute atomic E-state index is 12.6. The molecule has 1 heterocycles. The van der Waals surface area contributed by atoms with Gasteiger partial charge < -0.3 is 15.3 Å². The summed E-state index contributed by atoms with van der Waals surface area (Å²) in [5.74, 6) is -0.219. The highest BCUT2D eigenvalue weighted by molar-refractivity contribution is 9.11. The number of hydrogen-bond acceptors (Lipinski definition) is 3. The van der Waals surface area contributed by atoms with E-state index in [0.29, 0.717) is 4.88 Å². The zero-order valence-electron chi connectivity index (χ0n) is 14.3. The van der Waals surface area contributed by atoms with Crippen molar-refractivity contribution >= 4 is 39.3 Å². The van der Waals surface area contributed by atoms with Crippen LogP contribution in [0.2, 0.25) is 0 Å². The molecule has 2 N–H and O–H groups in total. The van der Waals surface area contributed by atoms with E-state index in [9.17, 15) is 14.7 Å².